The van der Waals surface area contributed by atoms with Gasteiger partial charge >= 0.3 is 5.97 Å². The molecule has 0 aliphatic rings. The molecule has 0 heterocycles. The topological polar surface area (TPSA) is 72.6 Å². The fourth-order valence-corrected chi connectivity index (χ4v) is 1.80. The monoisotopic (exact) mass is 243 g/mol. The predicted molar refractivity (Wildman–Crippen MR) is 61.9 cm³/mol. The van der Waals surface area contributed by atoms with Gasteiger partial charge in [-0.1, -0.05) is 18.5 Å². The van der Waals surface area contributed by atoms with E-state index in [-0.39, 0.29) is 0 Å². The molecule has 1 rings (SSSR count). The lowest BCUT2D eigenvalue weighted by Gasteiger charge is -2.16. The smallest absolute Gasteiger partial charge is 0.325 e. The maximum atomic E-state index is 10.9. The minimum absolute atomic E-state index is 0.402. The normalized spacial score (nSPS) is 12.2. The van der Waals surface area contributed by atoms with Gasteiger partial charge in [0.2, 0.25) is 0 Å². The van der Waals surface area contributed by atoms with Gasteiger partial charge in [0.25, 0.3) is 0 Å². The molecule has 16 heavy (non-hydrogen) atoms. The molecule has 0 saturated heterocycles. The van der Waals surface area contributed by atoms with E-state index >= 15 is 0 Å². The Morgan fingerprint density at radius 3 is 2.69 bits per heavy atom. The Morgan fingerprint density at radius 1 is 1.62 bits per heavy atom. The van der Waals surface area contributed by atoms with Crippen LogP contribution < -0.4 is 10.5 Å². The van der Waals surface area contributed by atoms with Crippen molar-refractivity contribution in [1.29, 1.82) is 0 Å². The highest BCUT2D eigenvalue weighted by Crippen LogP contribution is 2.32. The second-order valence-corrected chi connectivity index (χ2v) is 3.79. The first-order valence-electron chi connectivity index (χ1n) is 4.86. The number of carboxylic acids is 1. The van der Waals surface area contributed by atoms with Crippen molar-refractivity contribution < 1.29 is 14.6 Å². The summed E-state index contributed by atoms with van der Waals surface area (Å²) in [5.41, 5.74) is 6.82. The maximum absolute atomic E-state index is 10.9. The highest BCUT2D eigenvalue weighted by atomic mass is 35.5. The number of ether oxygens (including phenoxy) is 1. The van der Waals surface area contributed by atoms with Crippen molar-refractivity contribution in [3.8, 4) is 5.75 Å². The van der Waals surface area contributed by atoms with E-state index in [0.717, 1.165) is 5.56 Å². The summed E-state index contributed by atoms with van der Waals surface area (Å²) >= 11 is 5.90. The number of hydrogen-bond donors (Lipinski definition) is 2. The lowest BCUT2D eigenvalue weighted by atomic mass is 10.0. The number of carbonyl (C=O) groups is 1. The highest BCUT2D eigenvalue weighted by molar-refractivity contribution is 6.30. The molecule has 1 unspecified atom stereocenters. The summed E-state index contributed by atoms with van der Waals surface area (Å²) in [5, 5.41) is 9.35. The van der Waals surface area contributed by atoms with Crippen molar-refractivity contribution in [1.82, 2.24) is 0 Å². The number of carboxylic acid groups (broad SMARTS) is 1. The molecule has 0 aliphatic heterocycles. The van der Waals surface area contributed by atoms with Crippen LogP contribution in [-0.2, 0) is 11.2 Å². The van der Waals surface area contributed by atoms with Crippen LogP contribution in [0, 0.1) is 0 Å². The second kappa shape index (κ2) is 5.18. The Morgan fingerprint density at radius 2 is 2.25 bits per heavy atom. The van der Waals surface area contributed by atoms with E-state index in [0.29, 0.717) is 22.8 Å². The van der Waals surface area contributed by atoms with Crippen LogP contribution in [0.3, 0.4) is 0 Å². The molecular weight excluding hydrogens is 230 g/mol. The van der Waals surface area contributed by atoms with Gasteiger partial charge in [-0.3, -0.25) is 4.79 Å². The molecule has 0 amide bonds. The Labute approximate surface area is 99.0 Å². The number of hydrogen-bond acceptors (Lipinski definition) is 3. The molecule has 1 atom stereocenters. The first-order valence-corrected chi connectivity index (χ1v) is 5.23. The van der Waals surface area contributed by atoms with E-state index in [4.69, 9.17) is 27.2 Å². The van der Waals surface area contributed by atoms with Gasteiger partial charge < -0.3 is 15.6 Å². The molecule has 3 N–H and O–H groups in total. The standard InChI is InChI=1S/C11H14ClNO3/c1-3-6-4-7(12)5-8(10(6)16-2)9(13)11(14)15/h4-5,9H,3,13H2,1-2H3,(H,14,15). The van der Waals surface area contributed by atoms with E-state index in [1.54, 1.807) is 6.07 Å². The third-order valence-corrected chi connectivity index (χ3v) is 2.56. The van der Waals surface area contributed by atoms with Crippen LogP contribution in [-0.4, -0.2) is 18.2 Å². The fraction of sp³-hybridized carbons (Fsp3) is 0.364. The molecule has 5 heteroatoms. The Kier molecular flexibility index (Phi) is 4.15. The molecule has 0 aromatic heterocycles. The second-order valence-electron chi connectivity index (χ2n) is 3.36. The SMILES string of the molecule is CCc1cc(Cl)cc(C(N)C(=O)O)c1OC. The maximum Gasteiger partial charge on any atom is 0.325 e. The third-order valence-electron chi connectivity index (χ3n) is 2.35. The van der Waals surface area contributed by atoms with E-state index < -0.39 is 12.0 Å². The number of benzene rings is 1. The predicted octanol–water partition coefficient (Wildman–Crippen LogP) is 2.00. The lowest BCUT2D eigenvalue weighted by molar-refractivity contribution is -0.138. The van der Waals surface area contributed by atoms with Gasteiger partial charge in [0.15, 0.2) is 0 Å². The highest BCUT2D eigenvalue weighted by Gasteiger charge is 2.21. The Bertz CT molecular complexity index is 406. The van der Waals surface area contributed by atoms with Gasteiger partial charge in [-0.25, -0.2) is 0 Å². The summed E-state index contributed by atoms with van der Waals surface area (Å²) in [6.45, 7) is 1.93. The van der Waals surface area contributed by atoms with Gasteiger partial charge in [0.05, 0.1) is 7.11 Å². The summed E-state index contributed by atoms with van der Waals surface area (Å²) in [4.78, 5) is 10.9. The summed E-state index contributed by atoms with van der Waals surface area (Å²) in [6, 6.07) is 2.15. The summed E-state index contributed by atoms with van der Waals surface area (Å²) in [6.07, 6.45) is 0.697. The largest absolute Gasteiger partial charge is 0.496 e. The van der Waals surface area contributed by atoms with Crippen molar-refractivity contribution in [2.45, 2.75) is 19.4 Å². The van der Waals surface area contributed by atoms with Gasteiger partial charge in [-0.2, -0.15) is 0 Å². The van der Waals surface area contributed by atoms with Crippen LogP contribution >= 0.6 is 11.6 Å². The van der Waals surface area contributed by atoms with Crippen molar-refractivity contribution >= 4 is 17.6 Å². The van der Waals surface area contributed by atoms with Gasteiger partial charge in [-0.05, 0) is 24.1 Å². The first-order chi connectivity index (χ1) is 7.51. The number of methoxy groups -OCH3 is 1. The Balaban J connectivity index is 3.35. The molecule has 0 spiro atoms. The summed E-state index contributed by atoms with van der Waals surface area (Å²) in [5.74, 6) is -0.607. The molecule has 4 nitrogen and oxygen atoms in total. The molecule has 1 aromatic carbocycles. The zero-order valence-corrected chi connectivity index (χ0v) is 9.91. The molecule has 1 aromatic rings. The zero-order chi connectivity index (χ0) is 12.3. The number of aliphatic carboxylic acids is 1. The third kappa shape index (κ3) is 2.46. The molecule has 0 radical (unpaired) electrons. The quantitative estimate of drug-likeness (QED) is 0.848. The van der Waals surface area contributed by atoms with E-state index in [2.05, 4.69) is 0 Å². The average Bonchev–Trinajstić information content (AvgIpc) is 2.26. The van der Waals surface area contributed by atoms with Crippen molar-refractivity contribution in [3.05, 3.63) is 28.3 Å². The van der Waals surface area contributed by atoms with Crippen LogP contribution in [0.1, 0.15) is 24.1 Å². The van der Waals surface area contributed by atoms with Crippen LogP contribution in [0.4, 0.5) is 0 Å². The minimum Gasteiger partial charge on any atom is -0.496 e. The molecule has 0 fully saturated rings. The zero-order valence-electron chi connectivity index (χ0n) is 9.16. The van der Waals surface area contributed by atoms with Crippen LogP contribution in [0.25, 0.3) is 0 Å². The van der Waals surface area contributed by atoms with Crippen LogP contribution in [0.5, 0.6) is 5.75 Å². The van der Waals surface area contributed by atoms with Crippen LogP contribution in [0.2, 0.25) is 5.02 Å². The number of halogens is 1. The molecule has 0 aliphatic carbocycles. The van der Waals surface area contributed by atoms with E-state index in [1.165, 1.54) is 13.2 Å². The number of nitrogens with two attached hydrogens (primary N) is 1. The van der Waals surface area contributed by atoms with Crippen molar-refractivity contribution in [3.63, 3.8) is 0 Å². The van der Waals surface area contributed by atoms with E-state index in [9.17, 15) is 4.79 Å². The lowest BCUT2D eigenvalue weighted by Crippen LogP contribution is -2.21. The Hall–Kier alpha value is -1.26. The molecular formula is C11H14ClNO3. The van der Waals surface area contributed by atoms with Gasteiger partial charge in [0, 0.05) is 10.6 Å². The first kappa shape index (κ1) is 12.8. The van der Waals surface area contributed by atoms with Crippen molar-refractivity contribution in [2.75, 3.05) is 7.11 Å². The van der Waals surface area contributed by atoms with Crippen LogP contribution in [0.15, 0.2) is 12.1 Å². The summed E-state index contributed by atoms with van der Waals surface area (Å²) < 4.78 is 5.19. The number of rotatable bonds is 4. The minimum atomic E-state index is -1.13. The molecule has 0 bridgehead atoms. The van der Waals surface area contributed by atoms with E-state index in [1.807, 2.05) is 6.92 Å². The average molecular weight is 244 g/mol. The van der Waals surface area contributed by atoms with Gasteiger partial charge in [0.1, 0.15) is 11.8 Å². The van der Waals surface area contributed by atoms with Crippen molar-refractivity contribution in [2.24, 2.45) is 5.73 Å². The molecule has 0 saturated carbocycles. The molecule has 88 valence electrons. The number of aryl methyl sites for hydroxylation is 1. The van der Waals surface area contributed by atoms with Gasteiger partial charge in [-0.15, -0.1) is 0 Å². The summed E-state index contributed by atoms with van der Waals surface area (Å²) in [7, 11) is 1.49. The fourth-order valence-electron chi connectivity index (χ4n) is 1.55.